The Morgan fingerprint density at radius 2 is 2.06 bits per heavy atom. The van der Waals surface area contributed by atoms with Gasteiger partial charge in [-0.3, -0.25) is 4.79 Å². The van der Waals surface area contributed by atoms with Crippen molar-refractivity contribution in [1.82, 2.24) is 5.32 Å². The Hall–Kier alpha value is -1.13. The average molecular weight is 274 g/mol. The van der Waals surface area contributed by atoms with Crippen molar-refractivity contribution in [2.75, 3.05) is 6.54 Å². The summed E-state index contributed by atoms with van der Waals surface area (Å²) in [6.45, 7) is 3.79. The summed E-state index contributed by atoms with van der Waals surface area (Å²) in [6.07, 6.45) is 1.06. The molecule has 0 radical (unpaired) electrons. The van der Waals surface area contributed by atoms with Crippen molar-refractivity contribution in [3.8, 4) is 0 Å². The maximum absolute atomic E-state index is 13.2. The van der Waals surface area contributed by atoms with E-state index >= 15 is 0 Å². The van der Waals surface area contributed by atoms with Crippen LogP contribution >= 0.6 is 11.6 Å². The minimum absolute atomic E-state index is 0.0752. The van der Waals surface area contributed by atoms with Gasteiger partial charge in [0.05, 0.1) is 16.2 Å². The second-order valence-electron chi connectivity index (χ2n) is 4.22. The van der Waals surface area contributed by atoms with Crippen molar-refractivity contribution in [2.45, 2.75) is 32.3 Å². The molecule has 0 fully saturated rings. The van der Waals surface area contributed by atoms with Crippen molar-refractivity contribution < 1.29 is 14.3 Å². The normalized spacial score (nSPS) is 11.4. The molecule has 0 saturated heterocycles. The lowest BCUT2D eigenvalue weighted by Crippen LogP contribution is -2.42. The van der Waals surface area contributed by atoms with E-state index in [1.807, 2.05) is 13.8 Å². The molecule has 0 aliphatic rings. The van der Waals surface area contributed by atoms with Crippen molar-refractivity contribution in [3.05, 3.63) is 34.6 Å². The van der Waals surface area contributed by atoms with E-state index < -0.39 is 17.3 Å². The van der Waals surface area contributed by atoms with E-state index in [0.717, 1.165) is 0 Å². The Morgan fingerprint density at radius 1 is 1.44 bits per heavy atom. The molecule has 1 aromatic carbocycles. The van der Waals surface area contributed by atoms with Gasteiger partial charge in [0, 0.05) is 6.54 Å². The van der Waals surface area contributed by atoms with Crippen LogP contribution in [0.2, 0.25) is 5.02 Å². The minimum Gasteiger partial charge on any atom is -0.388 e. The summed E-state index contributed by atoms with van der Waals surface area (Å²) in [6, 6.07) is 4.05. The Morgan fingerprint density at radius 3 is 2.61 bits per heavy atom. The fourth-order valence-corrected chi connectivity index (χ4v) is 1.73. The van der Waals surface area contributed by atoms with Crippen molar-refractivity contribution in [3.63, 3.8) is 0 Å². The van der Waals surface area contributed by atoms with Crippen molar-refractivity contribution in [1.29, 1.82) is 0 Å². The summed E-state index contributed by atoms with van der Waals surface area (Å²) >= 11 is 5.71. The monoisotopic (exact) mass is 273 g/mol. The number of nitrogens with one attached hydrogen (secondary N) is 1. The van der Waals surface area contributed by atoms with Gasteiger partial charge < -0.3 is 10.4 Å². The van der Waals surface area contributed by atoms with Crippen LogP contribution < -0.4 is 5.32 Å². The van der Waals surface area contributed by atoms with Crippen LogP contribution in [-0.2, 0) is 0 Å². The smallest absolute Gasteiger partial charge is 0.253 e. The summed E-state index contributed by atoms with van der Waals surface area (Å²) in [5, 5.41) is 12.4. The van der Waals surface area contributed by atoms with Crippen LogP contribution in [0.4, 0.5) is 4.39 Å². The third-order valence-corrected chi connectivity index (χ3v) is 3.47. The van der Waals surface area contributed by atoms with Crippen molar-refractivity contribution >= 4 is 17.5 Å². The first kappa shape index (κ1) is 14.9. The van der Waals surface area contributed by atoms with Gasteiger partial charge in [0.15, 0.2) is 0 Å². The molecule has 0 spiro atoms. The molecule has 0 aromatic heterocycles. The number of halogens is 2. The van der Waals surface area contributed by atoms with Crippen LogP contribution in [0.15, 0.2) is 18.2 Å². The molecule has 0 heterocycles. The van der Waals surface area contributed by atoms with Crippen LogP contribution in [-0.4, -0.2) is 23.2 Å². The van der Waals surface area contributed by atoms with E-state index in [4.69, 9.17) is 11.6 Å². The van der Waals surface area contributed by atoms with Crippen LogP contribution in [0, 0.1) is 5.82 Å². The first-order chi connectivity index (χ1) is 8.43. The van der Waals surface area contributed by atoms with Gasteiger partial charge in [-0.1, -0.05) is 31.5 Å². The largest absolute Gasteiger partial charge is 0.388 e. The number of benzene rings is 1. The van der Waals surface area contributed by atoms with Gasteiger partial charge >= 0.3 is 0 Å². The van der Waals surface area contributed by atoms with Gasteiger partial charge in [0.1, 0.15) is 5.82 Å². The maximum atomic E-state index is 13.2. The van der Waals surface area contributed by atoms with Gasteiger partial charge in [0.2, 0.25) is 0 Å². The number of carbonyl (C=O) groups is 1. The molecule has 0 atom stereocenters. The predicted molar refractivity (Wildman–Crippen MR) is 69.3 cm³/mol. The topological polar surface area (TPSA) is 49.3 Å². The summed E-state index contributed by atoms with van der Waals surface area (Å²) in [7, 11) is 0. The fraction of sp³-hybridized carbons (Fsp3) is 0.462. The molecule has 3 nitrogen and oxygen atoms in total. The number of hydrogen-bond acceptors (Lipinski definition) is 2. The first-order valence-corrected chi connectivity index (χ1v) is 6.26. The maximum Gasteiger partial charge on any atom is 0.253 e. The van der Waals surface area contributed by atoms with E-state index in [1.54, 1.807) is 0 Å². The highest BCUT2D eigenvalue weighted by Gasteiger charge is 2.23. The second-order valence-corrected chi connectivity index (χ2v) is 4.59. The number of rotatable bonds is 5. The van der Waals surface area contributed by atoms with Gasteiger partial charge in [0.25, 0.3) is 5.91 Å². The molecular formula is C13H17ClFNO2. The third-order valence-electron chi connectivity index (χ3n) is 3.09. The molecule has 100 valence electrons. The fourth-order valence-electron chi connectivity index (χ4n) is 1.52. The molecule has 0 saturated carbocycles. The molecular weight excluding hydrogens is 257 g/mol. The molecule has 0 bridgehead atoms. The summed E-state index contributed by atoms with van der Waals surface area (Å²) in [5.74, 6) is -1.12. The average Bonchev–Trinajstić information content (AvgIpc) is 2.39. The summed E-state index contributed by atoms with van der Waals surface area (Å²) < 4.78 is 13.2. The lowest BCUT2D eigenvalue weighted by atomic mass is 9.97. The lowest BCUT2D eigenvalue weighted by molar-refractivity contribution is 0.0314. The molecule has 1 amide bonds. The molecule has 1 aromatic rings. The van der Waals surface area contributed by atoms with Crippen LogP contribution in [0.3, 0.4) is 0 Å². The lowest BCUT2D eigenvalue weighted by Gasteiger charge is -2.25. The molecule has 2 N–H and O–H groups in total. The Bertz CT molecular complexity index is 433. The summed E-state index contributed by atoms with van der Waals surface area (Å²) in [4.78, 5) is 11.8. The molecule has 0 aliphatic heterocycles. The van der Waals surface area contributed by atoms with E-state index in [0.29, 0.717) is 12.8 Å². The third kappa shape index (κ3) is 3.43. The Balaban J connectivity index is 2.75. The predicted octanol–water partition coefficient (Wildman–Crippen LogP) is 2.76. The van der Waals surface area contributed by atoms with E-state index in [-0.39, 0.29) is 17.1 Å². The second kappa shape index (κ2) is 6.16. The number of hydrogen-bond donors (Lipinski definition) is 2. The Kier molecular flexibility index (Phi) is 5.11. The molecule has 18 heavy (non-hydrogen) atoms. The SMILES string of the molecule is CCC(O)(CC)CNC(=O)c1cccc(F)c1Cl. The van der Waals surface area contributed by atoms with E-state index in [9.17, 15) is 14.3 Å². The molecule has 0 unspecified atom stereocenters. The van der Waals surface area contributed by atoms with Gasteiger partial charge in [-0.15, -0.1) is 0 Å². The zero-order valence-corrected chi connectivity index (χ0v) is 11.2. The molecule has 1 rings (SSSR count). The van der Waals surface area contributed by atoms with Gasteiger partial charge in [-0.2, -0.15) is 0 Å². The zero-order valence-electron chi connectivity index (χ0n) is 10.5. The highest BCUT2D eigenvalue weighted by molar-refractivity contribution is 6.34. The minimum atomic E-state index is -0.935. The number of aliphatic hydroxyl groups is 1. The molecule has 5 heteroatoms. The van der Waals surface area contributed by atoms with Crippen LogP contribution in [0.5, 0.6) is 0 Å². The first-order valence-electron chi connectivity index (χ1n) is 5.88. The zero-order chi connectivity index (χ0) is 13.8. The quantitative estimate of drug-likeness (QED) is 0.867. The van der Waals surface area contributed by atoms with Crippen LogP contribution in [0.25, 0.3) is 0 Å². The van der Waals surface area contributed by atoms with Crippen molar-refractivity contribution in [2.24, 2.45) is 0 Å². The van der Waals surface area contributed by atoms with Gasteiger partial charge in [-0.05, 0) is 25.0 Å². The van der Waals surface area contributed by atoms with Crippen LogP contribution in [0.1, 0.15) is 37.0 Å². The Labute approximate surface area is 111 Å². The number of carbonyl (C=O) groups excluding carboxylic acids is 1. The highest BCUT2D eigenvalue weighted by atomic mass is 35.5. The number of amides is 1. The van der Waals surface area contributed by atoms with E-state index in [1.165, 1.54) is 18.2 Å². The summed E-state index contributed by atoms with van der Waals surface area (Å²) in [5.41, 5.74) is -0.860. The standard InChI is InChI=1S/C13H17ClFNO2/c1-3-13(18,4-2)8-16-12(17)9-6-5-7-10(15)11(9)14/h5-7,18H,3-4,8H2,1-2H3,(H,16,17). The molecule has 0 aliphatic carbocycles. The van der Waals surface area contributed by atoms with E-state index in [2.05, 4.69) is 5.32 Å². The van der Waals surface area contributed by atoms with Gasteiger partial charge in [-0.25, -0.2) is 4.39 Å². The highest BCUT2D eigenvalue weighted by Crippen LogP contribution is 2.20.